The molecule has 0 fully saturated rings. The number of rotatable bonds is 6. The molecule has 0 aromatic heterocycles. The summed E-state index contributed by atoms with van der Waals surface area (Å²) in [5.74, 6) is 2.56. The lowest BCUT2D eigenvalue weighted by atomic mass is 9.91. The first-order chi connectivity index (χ1) is 12.2. The van der Waals surface area contributed by atoms with Crippen LogP contribution in [0.25, 0.3) is 11.6 Å². The second-order valence-electron chi connectivity index (χ2n) is 5.74. The first kappa shape index (κ1) is 16.9. The molecule has 0 radical (unpaired) electrons. The maximum Gasteiger partial charge on any atom is 0.161 e. The second-order valence-corrected chi connectivity index (χ2v) is 5.74. The lowest BCUT2D eigenvalue weighted by molar-refractivity contribution is 0.355. The van der Waals surface area contributed by atoms with Crippen LogP contribution >= 0.6 is 0 Å². The number of methoxy groups -OCH3 is 3. The SMILES string of the molecule is COc1ccc(/C(=C/c2ccc(OC)c(OC)c2)C2C=CC=C2)cc1. The lowest BCUT2D eigenvalue weighted by Gasteiger charge is -2.14. The van der Waals surface area contributed by atoms with Crippen LogP contribution in [-0.4, -0.2) is 21.3 Å². The van der Waals surface area contributed by atoms with Gasteiger partial charge in [0, 0.05) is 5.92 Å². The minimum Gasteiger partial charge on any atom is -0.497 e. The Hall–Kier alpha value is -2.94. The van der Waals surface area contributed by atoms with E-state index in [1.54, 1.807) is 21.3 Å². The van der Waals surface area contributed by atoms with Crippen molar-refractivity contribution in [2.24, 2.45) is 5.92 Å². The lowest BCUT2D eigenvalue weighted by Crippen LogP contribution is -1.96. The Morgan fingerprint density at radius 1 is 0.800 bits per heavy atom. The number of hydrogen-bond donors (Lipinski definition) is 0. The van der Waals surface area contributed by atoms with Crippen LogP contribution in [0.15, 0.2) is 66.8 Å². The number of hydrogen-bond acceptors (Lipinski definition) is 3. The zero-order valence-electron chi connectivity index (χ0n) is 14.7. The molecule has 128 valence electrons. The smallest absolute Gasteiger partial charge is 0.161 e. The van der Waals surface area contributed by atoms with Gasteiger partial charge in [-0.15, -0.1) is 0 Å². The summed E-state index contributed by atoms with van der Waals surface area (Å²) in [4.78, 5) is 0. The minimum absolute atomic E-state index is 0.251. The average molecular weight is 334 g/mol. The van der Waals surface area contributed by atoms with Crippen molar-refractivity contribution in [3.8, 4) is 17.2 Å². The van der Waals surface area contributed by atoms with Crippen LogP contribution in [0.2, 0.25) is 0 Å². The number of allylic oxidation sites excluding steroid dienone is 5. The summed E-state index contributed by atoms with van der Waals surface area (Å²) in [5.41, 5.74) is 3.45. The van der Waals surface area contributed by atoms with E-state index in [2.05, 4.69) is 42.5 Å². The van der Waals surface area contributed by atoms with Gasteiger partial charge in [-0.1, -0.05) is 48.6 Å². The van der Waals surface area contributed by atoms with E-state index in [1.165, 1.54) is 5.57 Å². The number of ether oxygens (including phenoxy) is 3. The molecular formula is C22H22O3. The van der Waals surface area contributed by atoms with Gasteiger partial charge in [0.15, 0.2) is 11.5 Å². The zero-order chi connectivity index (χ0) is 17.6. The Labute approximate surface area is 148 Å². The molecule has 2 aromatic rings. The van der Waals surface area contributed by atoms with E-state index < -0.39 is 0 Å². The average Bonchev–Trinajstić information content (AvgIpc) is 3.20. The molecule has 0 heterocycles. The Morgan fingerprint density at radius 3 is 2.08 bits per heavy atom. The van der Waals surface area contributed by atoms with Crippen molar-refractivity contribution in [3.63, 3.8) is 0 Å². The maximum atomic E-state index is 5.42. The standard InChI is InChI=1S/C22H22O3/c1-23-19-11-9-18(10-12-19)20(17-6-4-5-7-17)14-16-8-13-21(24-2)22(15-16)25-3/h4-15,17H,1-3H3/b20-14+. The van der Waals surface area contributed by atoms with Gasteiger partial charge in [0.25, 0.3) is 0 Å². The van der Waals surface area contributed by atoms with E-state index in [0.29, 0.717) is 0 Å². The third kappa shape index (κ3) is 3.77. The van der Waals surface area contributed by atoms with Crippen molar-refractivity contribution in [1.82, 2.24) is 0 Å². The quantitative estimate of drug-likeness (QED) is 0.696. The summed E-state index contributed by atoms with van der Waals surface area (Å²) in [6.07, 6.45) is 10.7. The Morgan fingerprint density at radius 2 is 1.48 bits per heavy atom. The Kier molecular flexibility index (Phi) is 5.24. The van der Waals surface area contributed by atoms with Crippen molar-refractivity contribution in [2.45, 2.75) is 0 Å². The highest BCUT2D eigenvalue weighted by atomic mass is 16.5. The minimum atomic E-state index is 0.251. The largest absolute Gasteiger partial charge is 0.497 e. The van der Waals surface area contributed by atoms with E-state index in [1.807, 2.05) is 30.3 Å². The summed E-state index contributed by atoms with van der Waals surface area (Å²) in [5, 5.41) is 0. The first-order valence-corrected chi connectivity index (χ1v) is 8.18. The Bertz CT molecular complexity index is 802. The molecule has 2 aromatic carbocycles. The molecule has 3 rings (SSSR count). The van der Waals surface area contributed by atoms with Gasteiger partial charge in [0.1, 0.15) is 5.75 Å². The molecule has 0 amide bonds. The highest BCUT2D eigenvalue weighted by molar-refractivity contribution is 5.85. The summed E-state index contributed by atoms with van der Waals surface area (Å²) in [6, 6.07) is 14.1. The van der Waals surface area contributed by atoms with Crippen LogP contribution < -0.4 is 14.2 Å². The molecule has 0 aliphatic heterocycles. The molecule has 3 nitrogen and oxygen atoms in total. The Balaban J connectivity index is 2.03. The van der Waals surface area contributed by atoms with Gasteiger partial charge in [-0.25, -0.2) is 0 Å². The predicted molar refractivity (Wildman–Crippen MR) is 102 cm³/mol. The fourth-order valence-electron chi connectivity index (χ4n) is 2.92. The highest BCUT2D eigenvalue weighted by Crippen LogP contribution is 2.34. The van der Waals surface area contributed by atoms with Crippen LogP contribution in [0.1, 0.15) is 11.1 Å². The predicted octanol–water partition coefficient (Wildman–Crippen LogP) is 5.00. The van der Waals surface area contributed by atoms with Gasteiger partial charge < -0.3 is 14.2 Å². The van der Waals surface area contributed by atoms with Gasteiger partial charge in [-0.2, -0.15) is 0 Å². The van der Waals surface area contributed by atoms with Gasteiger partial charge in [-0.05, 0) is 41.0 Å². The van der Waals surface area contributed by atoms with Crippen molar-refractivity contribution >= 4 is 11.6 Å². The molecule has 0 unspecified atom stereocenters. The molecule has 0 spiro atoms. The van der Waals surface area contributed by atoms with Crippen molar-refractivity contribution < 1.29 is 14.2 Å². The summed E-state index contributed by atoms with van der Waals surface area (Å²) < 4.78 is 16.0. The molecule has 0 N–H and O–H groups in total. The fraction of sp³-hybridized carbons (Fsp3) is 0.182. The highest BCUT2D eigenvalue weighted by Gasteiger charge is 2.14. The molecule has 25 heavy (non-hydrogen) atoms. The monoisotopic (exact) mass is 334 g/mol. The van der Waals surface area contributed by atoms with Crippen LogP contribution in [0.4, 0.5) is 0 Å². The summed E-state index contributed by atoms with van der Waals surface area (Å²) in [6.45, 7) is 0. The summed E-state index contributed by atoms with van der Waals surface area (Å²) in [7, 11) is 4.97. The zero-order valence-corrected chi connectivity index (χ0v) is 14.7. The molecule has 0 atom stereocenters. The van der Waals surface area contributed by atoms with E-state index in [4.69, 9.17) is 14.2 Å². The van der Waals surface area contributed by atoms with Gasteiger partial charge in [0.2, 0.25) is 0 Å². The topological polar surface area (TPSA) is 27.7 Å². The van der Waals surface area contributed by atoms with Crippen LogP contribution in [0, 0.1) is 5.92 Å². The van der Waals surface area contributed by atoms with Crippen molar-refractivity contribution in [3.05, 3.63) is 77.9 Å². The fourth-order valence-corrected chi connectivity index (χ4v) is 2.92. The molecule has 1 aliphatic carbocycles. The van der Waals surface area contributed by atoms with E-state index in [9.17, 15) is 0 Å². The van der Waals surface area contributed by atoms with Crippen LogP contribution in [0.3, 0.4) is 0 Å². The normalized spacial score (nSPS) is 14.0. The number of benzene rings is 2. The van der Waals surface area contributed by atoms with E-state index >= 15 is 0 Å². The molecular weight excluding hydrogens is 312 g/mol. The maximum absolute atomic E-state index is 5.42. The third-order valence-electron chi connectivity index (χ3n) is 4.26. The van der Waals surface area contributed by atoms with E-state index in [-0.39, 0.29) is 5.92 Å². The van der Waals surface area contributed by atoms with Gasteiger partial charge >= 0.3 is 0 Å². The molecule has 1 aliphatic rings. The molecule has 0 saturated carbocycles. The van der Waals surface area contributed by atoms with Gasteiger partial charge in [0.05, 0.1) is 21.3 Å². The molecule has 3 heteroatoms. The van der Waals surface area contributed by atoms with Crippen LogP contribution in [-0.2, 0) is 0 Å². The molecule has 0 bridgehead atoms. The molecule has 0 saturated heterocycles. The van der Waals surface area contributed by atoms with Crippen molar-refractivity contribution in [2.75, 3.05) is 21.3 Å². The second kappa shape index (κ2) is 7.75. The van der Waals surface area contributed by atoms with Crippen molar-refractivity contribution in [1.29, 1.82) is 0 Å². The first-order valence-electron chi connectivity index (χ1n) is 8.18. The summed E-state index contributed by atoms with van der Waals surface area (Å²) >= 11 is 0. The third-order valence-corrected chi connectivity index (χ3v) is 4.26. The van der Waals surface area contributed by atoms with E-state index in [0.717, 1.165) is 28.4 Å². The van der Waals surface area contributed by atoms with Gasteiger partial charge in [-0.3, -0.25) is 0 Å². The van der Waals surface area contributed by atoms with Crippen LogP contribution in [0.5, 0.6) is 17.2 Å².